The quantitative estimate of drug-likeness (QED) is 0.879. The normalized spacial score (nSPS) is 13.2. The van der Waals surface area contributed by atoms with Gasteiger partial charge in [0.05, 0.1) is 0 Å². The molecule has 0 aliphatic heterocycles. The van der Waals surface area contributed by atoms with Gasteiger partial charge >= 0.3 is 0 Å². The molecule has 0 spiro atoms. The third kappa shape index (κ3) is 2.53. The van der Waals surface area contributed by atoms with Gasteiger partial charge in [0.1, 0.15) is 10.6 Å². The van der Waals surface area contributed by atoms with E-state index in [1.807, 2.05) is 0 Å². The molecule has 0 aromatic heterocycles. The van der Waals surface area contributed by atoms with Crippen LogP contribution in [-0.2, 0) is 9.84 Å². The highest BCUT2D eigenvalue weighted by Crippen LogP contribution is 2.38. The molecule has 5 heteroatoms. The van der Waals surface area contributed by atoms with Crippen molar-refractivity contribution in [2.45, 2.75) is 23.5 Å². The van der Waals surface area contributed by atoms with Crippen LogP contribution in [0.25, 0.3) is 0 Å². The van der Waals surface area contributed by atoms with Crippen LogP contribution in [0.1, 0.15) is 21.4 Å². The van der Waals surface area contributed by atoms with Crippen molar-refractivity contribution in [3.63, 3.8) is 0 Å². The Morgan fingerprint density at radius 2 is 1.65 bits per heavy atom. The molecule has 3 nitrogen and oxygen atoms in total. The standard InChI is InChI=1S/C15H15ClO3S/c1-10-8-9-13(14(17)11(10)2)20(18,19)15(16)12-6-4-3-5-7-12/h3-9,15,17H,1-2H3. The molecule has 1 unspecified atom stereocenters. The summed E-state index contributed by atoms with van der Waals surface area (Å²) in [5.41, 5.74) is 1.85. The lowest BCUT2D eigenvalue weighted by Crippen LogP contribution is -2.09. The first-order valence-corrected chi connectivity index (χ1v) is 8.06. The maximum atomic E-state index is 12.5. The molecule has 0 saturated carbocycles. The third-order valence-corrected chi connectivity index (χ3v) is 6.02. The fourth-order valence-corrected chi connectivity index (χ4v) is 3.75. The number of aromatic hydroxyl groups is 1. The number of aryl methyl sites for hydroxylation is 1. The van der Waals surface area contributed by atoms with Gasteiger partial charge < -0.3 is 5.11 Å². The fraction of sp³-hybridized carbons (Fsp3) is 0.200. The highest BCUT2D eigenvalue weighted by molar-refractivity contribution is 7.93. The SMILES string of the molecule is Cc1ccc(S(=O)(=O)C(Cl)c2ccccc2)c(O)c1C. The molecule has 0 aliphatic carbocycles. The molecule has 2 aromatic rings. The number of sulfone groups is 1. The van der Waals surface area contributed by atoms with E-state index >= 15 is 0 Å². The second-order valence-electron chi connectivity index (χ2n) is 4.63. The van der Waals surface area contributed by atoms with Crippen molar-refractivity contribution in [2.75, 3.05) is 0 Å². The second kappa shape index (κ2) is 5.46. The van der Waals surface area contributed by atoms with E-state index in [2.05, 4.69) is 0 Å². The van der Waals surface area contributed by atoms with Gasteiger partial charge in [0.25, 0.3) is 0 Å². The van der Waals surface area contributed by atoms with Crippen molar-refractivity contribution in [3.8, 4) is 5.75 Å². The van der Waals surface area contributed by atoms with Crippen LogP contribution < -0.4 is 0 Å². The summed E-state index contributed by atoms with van der Waals surface area (Å²) in [5, 5.41) is 10.1. The van der Waals surface area contributed by atoms with Crippen molar-refractivity contribution >= 4 is 21.4 Å². The average molecular weight is 311 g/mol. The Kier molecular flexibility index (Phi) is 4.06. The third-order valence-electron chi connectivity index (χ3n) is 3.31. The van der Waals surface area contributed by atoms with Crippen LogP contribution >= 0.6 is 11.6 Å². The zero-order valence-electron chi connectivity index (χ0n) is 11.2. The van der Waals surface area contributed by atoms with Crippen molar-refractivity contribution in [2.24, 2.45) is 0 Å². The summed E-state index contributed by atoms with van der Waals surface area (Å²) in [6.07, 6.45) is 0. The maximum Gasteiger partial charge on any atom is 0.203 e. The lowest BCUT2D eigenvalue weighted by Gasteiger charge is -2.14. The Bertz CT molecular complexity index is 724. The molecule has 2 rings (SSSR count). The van der Waals surface area contributed by atoms with Crippen molar-refractivity contribution in [1.82, 2.24) is 0 Å². The molecule has 0 aliphatic rings. The Morgan fingerprint density at radius 1 is 1.05 bits per heavy atom. The number of alkyl halides is 1. The molecule has 0 amide bonds. The van der Waals surface area contributed by atoms with Crippen LogP contribution in [0.4, 0.5) is 0 Å². The Labute approximate surface area is 123 Å². The average Bonchev–Trinajstić information content (AvgIpc) is 2.44. The van der Waals surface area contributed by atoms with E-state index in [1.54, 1.807) is 50.2 Å². The number of benzene rings is 2. The summed E-state index contributed by atoms with van der Waals surface area (Å²) in [5.74, 6) is -0.230. The zero-order valence-corrected chi connectivity index (χ0v) is 12.7. The van der Waals surface area contributed by atoms with Gasteiger partial charge in [-0.1, -0.05) is 48.0 Å². The van der Waals surface area contributed by atoms with E-state index in [0.29, 0.717) is 11.1 Å². The van der Waals surface area contributed by atoms with E-state index in [9.17, 15) is 13.5 Å². The first kappa shape index (κ1) is 14.9. The molecular formula is C15H15ClO3S. The predicted octanol–water partition coefficient (Wildman–Crippen LogP) is 3.72. The van der Waals surface area contributed by atoms with E-state index in [0.717, 1.165) is 5.56 Å². The summed E-state index contributed by atoms with van der Waals surface area (Å²) in [7, 11) is -3.85. The van der Waals surface area contributed by atoms with Crippen LogP contribution in [0, 0.1) is 13.8 Å². The molecule has 0 fully saturated rings. The molecule has 106 valence electrons. The Hall–Kier alpha value is -1.52. The Balaban J connectivity index is 2.54. The fourth-order valence-electron chi connectivity index (χ4n) is 1.90. The number of phenolic OH excluding ortho intramolecular Hbond substituents is 1. The molecule has 0 radical (unpaired) electrons. The Morgan fingerprint density at radius 3 is 2.25 bits per heavy atom. The van der Waals surface area contributed by atoms with Gasteiger partial charge in [0, 0.05) is 0 Å². The molecule has 1 N–H and O–H groups in total. The lowest BCUT2D eigenvalue weighted by molar-refractivity contribution is 0.453. The summed E-state index contributed by atoms with van der Waals surface area (Å²) < 4.78 is 23.8. The largest absolute Gasteiger partial charge is 0.506 e. The second-order valence-corrected chi connectivity index (χ2v) is 7.32. The number of rotatable bonds is 3. The van der Waals surface area contributed by atoms with Crippen molar-refractivity contribution in [1.29, 1.82) is 0 Å². The first-order chi connectivity index (χ1) is 9.35. The highest BCUT2D eigenvalue weighted by atomic mass is 35.5. The van der Waals surface area contributed by atoms with E-state index < -0.39 is 14.5 Å². The van der Waals surface area contributed by atoms with Crippen LogP contribution in [0.3, 0.4) is 0 Å². The summed E-state index contributed by atoms with van der Waals surface area (Å²) >= 11 is 6.10. The summed E-state index contributed by atoms with van der Waals surface area (Å²) in [6, 6.07) is 11.6. The first-order valence-electron chi connectivity index (χ1n) is 6.08. The number of hydrogen-bond acceptors (Lipinski definition) is 3. The molecule has 0 bridgehead atoms. The van der Waals surface area contributed by atoms with Gasteiger partial charge in [-0.25, -0.2) is 8.42 Å². The van der Waals surface area contributed by atoms with E-state index in [4.69, 9.17) is 11.6 Å². The van der Waals surface area contributed by atoms with Crippen LogP contribution in [0.15, 0.2) is 47.4 Å². The topological polar surface area (TPSA) is 54.4 Å². The van der Waals surface area contributed by atoms with Crippen molar-refractivity contribution in [3.05, 3.63) is 59.2 Å². The maximum absolute atomic E-state index is 12.5. The lowest BCUT2D eigenvalue weighted by atomic mass is 10.1. The van der Waals surface area contributed by atoms with Crippen LogP contribution in [0.2, 0.25) is 0 Å². The minimum atomic E-state index is -3.85. The molecule has 0 heterocycles. The van der Waals surface area contributed by atoms with Crippen LogP contribution in [-0.4, -0.2) is 13.5 Å². The van der Waals surface area contributed by atoms with E-state index in [1.165, 1.54) is 6.07 Å². The number of hydrogen-bond donors (Lipinski definition) is 1. The van der Waals surface area contributed by atoms with Gasteiger partial charge in [-0.15, -0.1) is 0 Å². The molecule has 1 atom stereocenters. The zero-order chi connectivity index (χ0) is 14.9. The molecular weight excluding hydrogens is 296 g/mol. The van der Waals surface area contributed by atoms with Crippen molar-refractivity contribution < 1.29 is 13.5 Å². The molecule has 2 aromatic carbocycles. The van der Waals surface area contributed by atoms with Gasteiger partial charge in [0.2, 0.25) is 9.84 Å². The predicted molar refractivity (Wildman–Crippen MR) is 79.8 cm³/mol. The van der Waals surface area contributed by atoms with Gasteiger partial charge in [0.15, 0.2) is 4.71 Å². The van der Waals surface area contributed by atoms with Gasteiger partial charge in [-0.3, -0.25) is 0 Å². The highest BCUT2D eigenvalue weighted by Gasteiger charge is 2.30. The monoisotopic (exact) mass is 310 g/mol. The molecule has 20 heavy (non-hydrogen) atoms. The minimum Gasteiger partial charge on any atom is -0.506 e. The van der Waals surface area contributed by atoms with Gasteiger partial charge in [-0.05, 0) is 36.6 Å². The van der Waals surface area contributed by atoms with Crippen LogP contribution in [0.5, 0.6) is 5.75 Å². The van der Waals surface area contributed by atoms with Gasteiger partial charge in [-0.2, -0.15) is 0 Å². The number of halogens is 1. The minimum absolute atomic E-state index is 0.135. The smallest absolute Gasteiger partial charge is 0.203 e. The summed E-state index contributed by atoms with van der Waals surface area (Å²) in [6.45, 7) is 3.48. The van der Waals surface area contributed by atoms with E-state index in [-0.39, 0.29) is 10.6 Å². The summed E-state index contributed by atoms with van der Waals surface area (Å²) in [4.78, 5) is -0.135. The molecule has 0 saturated heterocycles. The number of phenols is 1.